The molecule has 2 N–H and O–H groups in total. The number of halogens is 1. The minimum absolute atomic E-state index is 0.183. The van der Waals surface area contributed by atoms with E-state index >= 15 is 0 Å². The summed E-state index contributed by atoms with van der Waals surface area (Å²) in [6.07, 6.45) is 3.65. The quantitative estimate of drug-likeness (QED) is 0.884. The average Bonchev–Trinajstić information content (AvgIpc) is 2.84. The molecule has 0 spiro atoms. The first-order chi connectivity index (χ1) is 9.60. The lowest BCUT2D eigenvalue weighted by Crippen LogP contribution is -2.24. The van der Waals surface area contributed by atoms with Gasteiger partial charge in [-0.2, -0.15) is 0 Å². The van der Waals surface area contributed by atoms with E-state index < -0.39 is 0 Å². The van der Waals surface area contributed by atoms with Gasteiger partial charge in [0.25, 0.3) is 0 Å². The number of aromatic nitrogens is 1. The van der Waals surface area contributed by atoms with Crippen LogP contribution in [0.5, 0.6) is 0 Å². The van der Waals surface area contributed by atoms with Crippen molar-refractivity contribution in [3.8, 4) is 0 Å². The molecule has 108 valence electrons. The van der Waals surface area contributed by atoms with Gasteiger partial charge in [0, 0.05) is 24.2 Å². The fraction of sp³-hybridized carbons (Fsp3) is 0.400. The number of nitrogens with zero attached hydrogens (tertiary/aromatic N) is 2. The largest absolute Gasteiger partial charge is 0.354 e. The van der Waals surface area contributed by atoms with Crippen molar-refractivity contribution in [1.82, 2.24) is 4.98 Å². The SMILES string of the molecule is CCC(N)Cc1cccnc1N(C)Cc1ccc(Cl)s1. The maximum Gasteiger partial charge on any atom is 0.131 e. The van der Waals surface area contributed by atoms with Gasteiger partial charge in [0.05, 0.1) is 10.9 Å². The Morgan fingerprint density at radius 1 is 1.40 bits per heavy atom. The number of nitrogens with two attached hydrogens (primary N) is 1. The summed E-state index contributed by atoms with van der Waals surface area (Å²) in [4.78, 5) is 7.89. The minimum atomic E-state index is 0.183. The van der Waals surface area contributed by atoms with Crippen LogP contribution < -0.4 is 10.6 Å². The van der Waals surface area contributed by atoms with Crippen molar-refractivity contribution in [2.75, 3.05) is 11.9 Å². The molecule has 5 heteroatoms. The van der Waals surface area contributed by atoms with Crippen LogP contribution in [0.25, 0.3) is 0 Å². The van der Waals surface area contributed by atoms with E-state index in [1.54, 1.807) is 11.3 Å². The van der Waals surface area contributed by atoms with Gasteiger partial charge >= 0.3 is 0 Å². The molecule has 1 unspecified atom stereocenters. The van der Waals surface area contributed by atoms with Crippen LogP contribution >= 0.6 is 22.9 Å². The standard InChI is InChI=1S/C15H20ClN3S/c1-3-12(17)9-11-5-4-8-18-15(11)19(2)10-13-6-7-14(16)20-13/h4-8,12H,3,9-10,17H2,1-2H3. The van der Waals surface area contributed by atoms with Gasteiger partial charge in [0.2, 0.25) is 0 Å². The number of pyridine rings is 1. The van der Waals surface area contributed by atoms with Crippen LogP contribution in [-0.4, -0.2) is 18.1 Å². The normalized spacial score (nSPS) is 12.4. The van der Waals surface area contributed by atoms with Crippen LogP contribution in [0.3, 0.4) is 0 Å². The van der Waals surface area contributed by atoms with Crippen molar-refractivity contribution in [2.24, 2.45) is 5.73 Å². The lowest BCUT2D eigenvalue weighted by atomic mass is 10.1. The lowest BCUT2D eigenvalue weighted by molar-refractivity contribution is 0.643. The van der Waals surface area contributed by atoms with Crippen molar-refractivity contribution < 1.29 is 0 Å². The Labute approximate surface area is 129 Å². The summed E-state index contributed by atoms with van der Waals surface area (Å²) >= 11 is 7.58. The zero-order valence-electron chi connectivity index (χ0n) is 11.8. The first kappa shape index (κ1) is 15.3. The second-order valence-electron chi connectivity index (χ2n) is 4.92. The summed E-state index contributed by atoms with van der Waals surface area (Å²) in [5.41, 5.74) is 7.27. The van der Waals surface area contributed by atoms with Gasteiger partial charge in [-0.1, -0.05) is 24.6 Å². The fourth-order valence-corrected chi connectivity index (χ4v) is 3.25. The highest BCUT2D eigenvalue weighted by Crippen LogP contribution is 2.25. The summed E-state index contributed by atoms with van der Waals surface area (Å²) in [7, 11) is 2.05. The van der Waals surface area contributed by atoms with Gasteiger partial charge in [-0.3, -0.25) is 0 Å². The third-order valence-electron chi connectivity index (χ3n) is 3.26. The van der Waals surface area contributed by atoms with Crippen LogP contribution in [-0.2, 0) is 13.0 Å². The zero-order chi connectivity index (χ0) is 14.5. The fourth-order valence-electron chi connectivity index (χ4n) is 2.11. The summed E-state index contributed by atoms with van der Waals surface area (Å²) < 4.78 is 0.822. The van der Waals surface area contributed by atoms with Gasteiger partial charge < -0.3 is 10.6 Å². The third-order valence-corrected chi connectivity index (χ3v) is 4.47. The Morgan fingerprint density at radius 2 is 2.20 bits per heavy atom. The highest BCUT2D eigenvalue weighted by Gasteiger charge is 2.12. The van der Waals surface area contributed by atoms with Crippen molar-refractivity contribution >= 4 is 28.8 Å². The first-order valence-electron chi connectivity index (χ1n) is 6.75. The predicted octanol–water partition coefficient (Wildman–Crippen LogP) is 3.71. The highest BCUT2D eigenvalue weighted by molar-refractivity contribution is 7.16. The number of thiophene rings is 1. The average molecular weight is 310 g/mol. The molecule has 1 atom stereocenters. The number of hydrogen-bond acceptors (Lipinski definition) is 4. The Hall–Kier alpha value is -1.10. The second kappa shape index (κ2) is 7.07. The van der Waals surface area contributed by atoms with Crippen LogP contribution in [0, 0.1) is 0 Å². The van der Waals surface area contributed by atoms with Gasteiger partial charge in [-0.05, 0) is 36.6 Å². The van der Waals surface area contributed by atoms with E-state index in [0.29, 0.717) is 0 Å². The molecule has 0 bridgehead atoms. The Morgan fingerprint density at radius 3 is 2.85 bits per heavy atom. The Balaban J connectivity index is 2.14. The molecule has 0 aliphatic heterocycles. The Kier molecular flexibility index (Phi) is 5.40. The second-order valence-corrected chi connectivity index (χ2v) is 6.72. The van der Waals surface area contributed by atoms with E-state index in [4.69, 9.17) is 17.3 Å². The van der Waals surface area contributed by atoms with Crippen LogP contribution in [0.15, 0.2) is 30.5 Å². The molecule has 0 saturated heterocycles. The maximum absolute atomic E-state index is 6.07. The minimum Gasteiger partial charge on any atom is -0.354 e. The molecule has 0 saturated carbocycles. The van der Waals surface area contributed by atoms with Gasteiger partial charge in [-0.25, -0.2) is 4.98 Å². The molecule has 0 radical (unpaired) electrons. The highest BCUT2D eigenvalue weighted by atomic mass is 35.5. The zero-order valence-corrected chi connectivity index (χ0v) is 13.4. The predicted molar refractivity (Wildman–Crippen MR) is 87.6 cm³/mol. The Bertz CT molecular complexity index is 556. The monoisotopic (exact) mass is 309 g/mol. The molecular formula is C15H20ClN3S. The van der Waals surface area contributed by atoms with Crippen molar-refractivity contribution in [3.63, 3.8) is 0 Å². The molecule has 2 aromatic heterocycles. The topological polar surface area (TPSA) is 42.1 Å². The smallest absolute Gasteiger partial charge is 0.131 e. The molecule has 0 aromatic carbocycles. The van der Waals surface area contributed by atoms with E-state index in [1.807, 2.05) is 18.3 Å². The summed E-state index contributed by atoms with van der Waals surface area (Å²) in [5.74, 6) is 1.00. The van der Waals surface area contributed by atoms with Crippen molar-refractivity contribution in [2.45, 2.75) is 32.4 Å². The van der Waals surface area contributed by atoms with Gasteiger partial charge in [-0.15, -0.1) is 11.3 Å². The maximum atomic E-state index is 6.07. The van der Waals surface area contributed by atoms with Crippen LogP contribution in [0.1, 0.15) is 23.8 Å². The summed E-state index contributed by atoms with van der Waals surface area (Å²) in [6, 6.07) is 8.25. The van der Waals surface area contributed by atoms with E-state index in [-0.39, 0.29) is 6.04 Å². The number of rotatable bonds is 6. The van der Waals surface area contributed by atoms with Gasteiger partial charge in [0.1, 0.15) is 5.82 Å². The first-order valence-corrected chi connectivity index (χ1v) is 7.94. The van der Waals surface area contributed by atoms with Gasteiger partial charge in [0.15, 0.2) is 0 Å². The van der Waals surface area contributed by atoms with E-state index in [2.05, 4.69) is 36.0 Å². The van der Waals surface area contributed by atoms with E-state index in [0.717, 1.165) is 29.5 Å². The molecule has 3 nitrogen and oxygen atoms in total. The van der Waals surface area contributed by atoms with E-state index in [9.17, 15) is 0 Å². The van der Waals surface area contributed by atoms with Crippen LogP contribution in [0.4, 0.5) is 5.82 Å². The molecular weight excluding hydrogens is 290 g/mol. The lowest BCUT2D eigenvalue weighted by Gasteiger charge is -2.21. The van der Waals surface area contributed by atoms with E-state index in [1.165, 1.54) is 10.4 Å². The van der Waals surface area contributed by atoms with Crippen molar-refractivity contribution in [1.29, 1.82) is 0 Å². The molecule has 0 aliphatic rings. The molecule has 0 amide bonds. The molecule has 2 heterocycles. The third kappa shape index (κ3) is 3.95. The number of hydrogen-bond donors (Lipinski definition) is 1. The summed E-state index contributed by atoms with van der Waals surface area (Å²) in [5, 5.41) is 0. The molecule has 2 rings (SSSR count). The number of anilines is 1. The molecule has 0 aliphatic carbocycles. The molecule has 2 aromatic rings. The van der Waals surface area contributed by atoms with Crippen LogP contribution in [0.2, 0.25) is 4.34 Å². The summed E-state index contributed by atoms with van der Waals surface area (Å²) in [6.45, 7) is 2.92. The molecule has 0 fully saturated rings. The molecule has 20 heavy (non-hydrogen) atoms. The van der Waals surface area contributed by atoms with Crippen molar-refractivity contribution in [3.05, 3.63) is 45.2 Å².